The Hall–Kier alpha value is -1.32. The van der Waals surface area contributed by atoms with Gasteiger partial charge in [-0.3, -0.25) is 9.88 Å². The first-order valence-electron chi connectivity index (χ1n) is 7.04. The largest absolute Gasteiger partial charge is 0.490 e. The minimum Gasteiger partial charge on any atom is -0.490 e. The zero-order valence-electron chi connectivity index (χ0n) is 11.8. The summed E-state index contributed by atoms with van der Waals surface area (Å²) in [6.45, 7) is 7.52. The van der Waals surface area contributed by atoms with E-state index in [2.05, 4.69) is 23.7 Å². The van der Waals surface area contributed by atoms with Gasteiger partial charge in [0.15, 0.2) is 0 Å². The van der Waals surface area contributed by atoms with Crippen LogP contribution in [-0.4, -0.2) is 35.6 Å². The predicted molar refractivity (Wildman–Crippen MR) is 82.4 cm³/mol. The molecule has 1 aliphatic rings. The van der Waals surface area contributed by atoms with E-state index in [1.165, 1.54) is 0 Å². The monoisotopic (exact) mass is 290 g/mol. The van der Waals surface area contributed by atoms with E-state index in [1.54, 1.807) is 6.20 Å². The summed E-state index contributed by atoms with van der Waals surface area (Å²) in [5, 5.41) is 1.74. The number of fused-ring (bicyclic) bond motifs is 1. The summed E-state index contributed by atoms with van der Waals surface area (Å²) >= 11 is 6.00. The molecular weight excluding hydrogens is 272 g/mol. The Kier molecular flexibility index (Phi) is 3.81. The molecular formula is C16H19ClN2O. The molecule has 1 aromatic heterocycles. The van der Waals surface area contributed by atoms with Crippen LogP contribution in [-0.2, 0) is 0 Å². The molecule has 2 aromatic rings. The Labute approximate surface area is 124 Å². The van der Waals surface area contributed by atoms with Gasteiger partial charge in [0.1, 0.15) is 12.4 Å². The molecule has 2 atom stereocenters. The van der Waals surface area contributed by atoms with Crippen molar-refractivity contribution in [2.75, 3.05) is 19.7 Å². The molecule has 106 valence electrons. The molecule has 0 saturated carbocycles. The lowest BCUT2D eigenvalue weighted by molar-refractivity contribution is 0.287. The number of ether oxygens (including phenoxy) is 1. The summed E-state index contributed by atoms with van der Waals surface area (Å²) in [7, 11) is 0. The van der Waals surface area contributed by atoms with Gasteiger partial charge in [0.2, 0.25) is 0 Å². The topological polar surface area (TPSA) is 25.1 Å². The Balaban J connectivity index is 1.61. The van der Waals surface area contributed by atoms with E-state index in [4.69, 9.17) is 16.3 Å². The summed E-state index contributed by atoms with van der Waals surface area (Å²) in [4.78, 5) is 6.83. The highest BCUT2D eigenvalue weighted by Gasteiger charge is 2.34. The number of hydrogen-bond acceptors (Lipinski definition) is 3. The Bertz CT molecular complexity index is 614. The summed E-state index contributed by atoms with van der Waals surface area (Å²) < 4.78 is 5.84. The molecule has 4 heteroatoms. The fourth-order valence-corrected chi connectivity index (χ4v) is 2.61. The summed E-state index contributed by atoms with van der Waals surface area (Å²) in [5.41, 5.74) is 0.939. The lowest BCUT2D eigenvalue weighted by atomic mass is 10.2. The maximum Gasteiger partial charge on any atom is 0.138 e. The maximum atomic E-state index is 6.00. The first kappa shape index (κ1) is 13.7. The van der Waals surface area contributed by atoms with Crippen LogP contribution < -0.4 is 4.74 Å². The molecule has 1 fully saturated rings. The van der Waals surface area contributed by atoms with Crippen LogP contribution in [0.15, 0.2) is 30.5 Å². The second-order valence-electron chi connectivity index (χ2n) is 5.82. The van der Waals surface area contributed by atoms with E-state index in [9.17, 15) is 0 Å². The lowest BCUT2D eigenvalue weighted by Gasteiger charge is -2.09. The van der Waals surface area contributed by atoms with E-state index >= 15 is 0 Å². The first-order valence-corrected chi connectivity index (χ1v) is 7.42. The Morgan fingerprint density at radius 1 is 1.40 bits per heavy atom. The second-order valence-corrected chi connectivity index (χ2v) is 6.26. The lowest BCUT2D eigenvalue weighted by Crippen LogP contribution is -2.14. The van der Waals surface area contributed by atoms with E-state index in [0.717, 1.165) is 41.4 Å². The fraction of sp³-hybridized carbons (Fsp3) is 0.438. The zero-order chi connectivity index (χ0) is 14.1. The van der Waals surface area contributed by atoms with Crippen molar-refractivity contribution in [3.63, 3.8) is 0 Å². The molecule has 1 aliphatic heterocycles. The van der Waals surface area contributed by atoms with Gasteiger partial charge in [-0.05, 0) is 30.2 Å². The quantitative estimate of drug-likeness (QED) is 0.787. The number of nitrogens with zero attached hydrogens (tertiary/aromatic N) is 2. The molecule has 0 bridgehead atoms. The van der Waals surface area contributed by atoms with Crippen LogP contribution in [0.5, 0.6) is 5.75 Å². The Morgan fingerprint density at radius 3 is 3.05 bits per heavy atom. The normalized spacial score (nSPS) is 21.4. The molecule has 2 unspecified atom stereocenters. The van der Waals surface area contributed by atoms with Gasteiger partial charge in [0.05, 0.1) is 17.8 Å². The molecule has 0 aliphatic carbocycles. The van der Waals surface area contributed by atoms with Crippen molar-refractivity contribution in [1.82, 2.24) is 9.88 Å². The minimum absolute atomic E-state index is 0.562. The third-order valence-electron chi connectivity index (χ3n) is 3.49. The highest BCUT2D eigenvalue weighted by Crippen LogP contribution is 2.24. The van der Waals surface area contributed by atoms with Crippen molar-refractivity contribution in [2.24, 2.45) is 5.92 Å². The minimum atomic E-state index is 0.562. The second kappa shape index (κ2) is 5.58. The van der Waals surface area contributed by atoms with Crippen molar-refractivity contribution in [1.29, 1.82) is 0 Å². The molecule has 0 spiro atoms. The van der Waals surface area contributed by atoms with Crippen molar-refractivity contribution >= 4 is 22.5 Å². The molecule has 1 aromatic carbocycles. The van der Waals surface area contributed by atoms with E-state index in [0.29, 0.717) is 12.0 Å². The number of hydrogen-bond donors (Lipinski definition) is 0. The van der Waals surface area contributed by atoms with Crippen molar-refractivity contribution in [2.45, 2.75) is 19.9 Å². The van der Waals surface area contributed by atoms with Gasteiger partial charge in [-0.1, -0.05) is 25.4 Å². The number of rotatable bonds is 5. The van der Waals surface area contributed by atoms with Gasteiger partial charge in [-0.2, -0.15) is 0 Å². The first-order chi connectivity index (χ1) is 9.61. The van der Waals surface area contributed by atoms with E-state index in [-0.39, 0.29) is 0 Å². The third-order valence-corrected chi connectivity index (χ3v) is 3.72. The van der Waals surface area contributed by atoms with Crippen LogP contribution in [0.25, 0.3) is 10.9 Å². The molecule has 0 amide bonds. The maximum absolute atomic E-state index is 6.00. The Morgan fingerprint density at radius 2 is 2.25 bits per heavy atom. The van der Waals surface area contributed by atoms with Gasteiger partial charge in [-0.15, -0.1) is 0 Å². The highest BCUT2D eigenvalue weighted by atomic mass is 35.5. The highest BCUT2D eigenvalue weighted by molar-refractivity contribution is 6.31. The number of halogens is 1. The van der Waals surface area contributed by atoms with Crippen LogP contribution in [0.2, 0.25) is 5.02 Å². The van der Waals surface area contributed by atoms with Crippen molar-refractivity contribution in [3.8, 4) is 5.75 Å². The van der Waals surface area contributed by atoms with Gasteiger partial charge in [0.25, 0.3) is 0 Å². The number of benzene rings is 1. The summed E-state index contributed by atoms with van der Waals surface area (Å²) in [6.07, 6.45) is 1.78. The van der Waals surface area contributed by atoms with Crippen LogP contribution in [0, 0.1) is 5.92 Å². The predicted octanol–water partition coefficient (Wildman–Crippen LogP) is 3.61. The summed E-state index contributed by atoms with van der Waals surface area (Å²) in [5.74, 6) is 1.53. The molecule has 3 rings (SSSR count). The average Bonchev–Trinajstić information content (AvgIpc) is 3.13. The van der Waals surface area contributed by atoms with Crippen LogP contribution >= 0.6 is 11.6 Å². The van der Waals surface area contributed by atoms with E-state index < -0.39 is 0 Å². The fourth-order valence-electron chi connectivity index (χ4n) is 2.43. The van der Waals surface area contributed by atoms with Crippen LogP contribution in [0.3, 0.4) is 0 Å². The SMILES string of the molecule is CC(C)CN1CC1COc1cnc2ccc(Cl)cc2c1. The number of pyridine rings is 1. The average molecular weight is 291 g/mol. The van der Waals surface area contributed by atoms with Crippen LogP contribution in [0.1, 0.15) is 13.8 Å². The zero-order valence-corrected chi connectivity index (χ0v) is 12.6. The third kappa shape index (κ3) is 3.22. The molecule has 3 nitrogen and oxygen atoms in total. The summed E-state index contributed by atoms with van der Waals surface area (Å²) in [6, 6.07) is 8.26. The molecule has 0 N–H and O–H groups in total. The van der Waals surface area contributed by atoms with Gasteiger partial charge in [-0.25, -0.2) is 0 Å². The molecule has 1 saturated heterocycles. The molecule has 20 heavy (non-hydrogen) atoms. The number of aromatic nitrogens is 1. The molecule has 2 heterocycles. The van der Waals surface area contributed by atoms with Crippen LogP contribution in [0.4, 0.5) is 0 Å². The smallest absolute Gasteiger partial charge is 0.138 e. The standard InChI is InChI=1S/C16H19ClN2O/c1-11(2)8-19-9-14(19)10-20-15-6-12-5-13(17)3-4-16(12)18-7-15/h3-7,11,14H,8-10H2,1-2H3. The van der Waals surface area contributed by atoms with Gasteiger partial charge < -0.3 is 4.74 Å². The van der Waals surface area contributed by atoms with Crippen molar-refractivity contribution in [3.05, 3.63) is 35.5 Å². The van der Waals surface area contributed by atoms with Crippen molar-refractivity contribution < 1.29 is 4.74 Å². The molecule has 0 radical (unpaired) electrons. The van der Waals surface area contributed by atoms with E-state index in [1.807, 2.05) is 24.3 Å². The van der Waals surface area contributed by atoms with Gasteiger partial charge >= 0.3 is 0 Å². The van der Waals surface area contributed by atoms with Gasteiger partial charge in [0, 0.05) is 23.5 Å².